The standard InChI is InChI=1S/C9H18O3/c1-5-9(7(2)11-4)6-12-8(3)10/h7,9H,5-6H2,1-4H3. The van der Waals surface area contributed by atoms with Crippen molar-refractivity contribution in [3.8, 4) is 0 Å². The summed E-state index contributed by atoms with van der Waals surface area (Å²) >= 11 is 0. The number of hydrogen-bond acceptors (Lipinski definition) is 3. The lowest BCUT2D eigenvalue weighted by molar-refractivity contribution is -0.143. The Balaban J connectivity index is 3.74. The van der Waals surface area contributed by atoms with Crippen LogP contribution in [0.25, 0.3) is 0 Å². The van der Waals surface area contributed by atoms with Gasteiger partial charge in [0.15, 0.2) is 0 Å². The van der Waals surface area contributed by atoms with Crippen LogP contribution >= 0.6 is 0 Å². The molecule has 0 spiro atoms. The summed E-state index contributed by atoms with van der Waals surface area (Å²) in [5.74, 6) is 0.0793. The molecule has 72 valence electrons. The number of ether oxygens (including phenoxy) is 2. The van der Waals surface area contributed by atoms with E-state index in [0.717, 1.165) is 6.42 Å². The zero-order valence-corrected chi connectivity index (χ0v) is 8.29. The Bertz CT molecular complexity index is 134. The van der Waals surface area contributed by atoms with Gasteiger partial charge in [-0.2, -0.15) is 0 Å². The maximum atomic E-state index is 10.5. The zero-order valence-electron chi connectivity index (χ0n) is 8.29. The van der Waals surface area contributed by atoms with Gasteiger partial charge in [0, 0.05) is 20.0 Å². The first-order chi connectivity index (χ1) is 5.61. The van der Waals surface area contributed by atoms with Gasteiger partial charge in [-0.1, -0.05) is 6.92 Å². The summed E-state index contributed by atoms with van der Waals surface area (Å²) in [6.07, 6.45) is 1.11. The maximum absolute atomic E-state index is 10.5. The van der Waals surface area contributed by atoms with E-state index in [1.54, 1.807) is 7.11 Å². The van der Waals surface area contributed by atoms with Gasteiger partial charge in [0.05, 0.1) is 12.7 Å². The molecule has 0 aromatic rings. The lowest BCUT2D eigenvalue weighted by Gasteiger charge is -2.20. The summed E-state index contributed by atoms with van der Waals surface area (Å²) < 4.78 is 10.0. The van der Waals surface area contributed by atoms with Gasteiger partial charge in [-0.05, 0) is 13.3 Å². The summed E-state index contributed by atoms with van der Waals surface area (Å²) in [7, 11) is 1.67. The monoisotopic (exact) mass is 174 g/mol. The summed E-state index contributed by atoms with van der Waals surface area (Å²) in [5.41, 5.74) is 0. The summed E-state index contributed by atoms with van der Waals surface area (Å²) in [6.45, 7) is 5.92. The molecule has 0 aliphatic carbocycles. The number of carbonyl (C=O) groups is 1. The van der Waals surface area contributed by atoms with E-state index in [1.807, 2.05) is 6.92 Å². The third-order valence-corrected chi connectivity index (χ3v) is 2.06. The van der Waals surface area contributed by atoms with Gasteiger partial charge in [0.2, 0.25) is 0 Å². The predicted molar refractivity (Wildman–Crippen MR) is 46.9 cm³/mol. The van der Waals surface area contributed by atoms with Crippen molar-refractivity contribution in [1.82, 2.24) is 0 Å². The molecule has 0 bridgehead atoms. The van der Waals surface area contributed by atoms with Crippen LogP contribution in [0.15, 0.2) is 0 Å². The van der Waals surface area contributed by atoms with Crippen LogP contribution in [0.3, 0.4) is 0 Å². The molecule has 2 atom stereocenters. The second kappa shape index (κ2) is 6.00. The van der Waals surface area contributed by atoms with Gasteiger partial charge in [0.1, 0.15) is 0 Å². The molecule has 0 saturated carbocycles. The molecule has 2 unspecified atom stereocenters. The van der Waals surface area contributed by atoms with E-state index in [4.69, 9.17) is 9.47 Å². The molecule has 0 radical (unpaired) electrons. The van der Waals surface area contributed by atoms with Crippen molar-refractivity contribution in [1.29, 1.82) is 0 Å². The Labute approximate surface area is 74.0 Å². The highest BCUT2D eigenvalue weighted by Gasteiger charge is 2.15. The van der Waals surface area contributed by atoms with E-state index in [9.17, 15) is 4.79 Å². The first-order valence-corrected chi connectivity index (χ1v) is 4.28. The lowest BCUT2D eigenvalue weighted by atomic mass is 10.0. The normalized spacial score (nSPS) is 15.3. The molecule has 12 heavy (non-hydrogen) atoms. The molecule has 0 fully saturated rings. The van der Waals surface area contributed by atoms with Gasteiger partial charge in [-0.25, -0.2) is 0 Å². The van der Waals surface area contributed by atoms with E-state index in [0.29, 0.717) is 12.5 Å². The van der Waals surface area contributed by atoms with Crippen molar-refractivity contribution in [3.63, 3.8) is 0 Å². The van der Waals surface area contributed by atoms with E-state index in [1.165, 1.54) is 6.92 Å². The molecular weight excluding hydrogens is 156 g/mol. The van der Waals surface area contributed by atoms with Crippen LogP contribution in [0.4, 0.5) is 0 Å². The van der Waals surface area contributed by atoms with Crippen LogP contribution < -0.4 is 0 Å². The van der Waals surface area contributed by atoms with Crippen LogP contribution in [0, 0.1) is 5.92 Å². The second-order valence-corrected chi connectivity index (χ2v) is 2.91. The minimum atomic E-state index is -0.225. The molecule has 3 heteroatoms. The van der Waals surface area contributed by atoms with Crippen LogP contribution in [0.2, 0.25) is 0 Å². The highest BCUT2D eigenvalue weighted by molar-refractivity contribution is 5.65. The number of hydrogen-bond donors (Lipinski definition) is 0. The fourth-order valence-corrected chi connectivity index (χ4v) is 1.00. The van der Waals surface area contributed by atoms with E-state index in [2.05, 4.69) is 6.92 Å². The Morgan fingerprint density at radius 2 is 2.08 bits per heavy atom. The highest BCUT2D eigenvalue weighted by atomic mass is 16.5. The molecular formula is C9H18O3. The molecule has 0 aromatic carbocycles. The topological polar surface area (TPSA) is 35.5 Å². The number of methoxy groups -OCH3 is 1. The van der Waals surface area contributed by atoms with Crippen molar-refractivity contribution in [2.75, 3.05) is 13.7 Å². The van der Waals surface area contributed by atoms with Crippen molar-refractivity contribution in [2.45, 2.75) is 33.3 Å². The number of esters is 1. The third kappa shape index (κ3) is 4.34. The minimum absolute atomic E-state index is 0.148. The van der Waals surface area contributed by atoms with Crippen molar-refractivity contribution in [2.24, 2.45) is 5.92 Å². The fourth-order valence-electron chi connectivity index (χ4n) is 1.00. The third-order valence-electron chi connectivity index (χ3n) is 2.06. The quantitative estimate of drug-likeness (QED) is 0.594. The van der Waals surface area contributed by atoms with E-state index in [-0.39, 0.29) is 12.1 Å². The molecule has 0 heterocycles. The minimum Gasteiger partial charge on any atom is -0.465 e. The molecule has 0 aliphatic rings. The summed E-state index contributed by atoms with van der Waals surface area (Å²) in [4.78, 5) is 10.5. The molecule has 0 rings (SSSR count). The van der Waals surface area contributed by atoms with Crippen molar-refractivity contribution >= 4 is 5.97 Å². The number of rotatable bonds is 5. The van der Waals surface area contributed by atoms with Crippen LogP contribution in [-0.2, 0) is 14.3 Å². The van der Waals surface area contributed by atoms with Crippen LogP contribution in [0.5, 0.6) is 0 Å². The van der Waals surface area contributed by atoms with Gasteiger partial charge in [0.25, 0.3) is 0 Å². The molecule has 0 N–H and O–H groups in total. The Morgan fingerprint density at radius 1 is 1.50 bits per heavy atom. The Kier molecular flexibility index (Phi) is 5.72. The zero-order chi connectivity index (χ0) is 9.56. The Hall–Kier alpha value is -0.570. The van der Waals surface area contributed by atoms with Gasteiger partial charge < -0.3 is 9.47 Å². The van der Waals surface area contributed by atoms with Crippen LogP contribution in [0.1, 0.15) is 27.2 Å². The predicted octanol–water partition coefficient (Wildman–Crippen LogP) is 1.61. The smallest absolute Gasteiger partial charge is 0.302 e. The van der Waals surface area contributed by atoms with Gasteiger partial charge in [-0.3, -0.25) is 4.79 Å². The molecule has 0 aliphatic heterocycles. The Morgan fingerprint density at radius 3 is 2.42 bits per heavy atom. The average molecular weight is 174 g/mol. The fraction of sp³-hybridized carbons (Fsp3) is 0.889. The van der Waals surface area contributed by atoms with Crippen LogP contribution in [-0.4, -0.2) is 25.8 Å². The van der Waals surface area contributed by atoms with Gasteiger partial charge >= 0.3 is 5.97 Å². The molecule has 0 aromatic heterocycles. The SMILES string of the molecule is CCC(COC(C)=O)C(C)OC. The number of carbonyl (C=O) groups excluding carboxylic acids is 1. The van der Waals surface area contributed by atoms with Gasteiger partial charge in [-0.15, -0.1) is 0 Å². The first-order valence-electron chi connectivity index (χ1n) is 4.28. The highest BCUT2D eigenvalue weighted by Crippen LogP contribution is 2.11. The molecule has 3 nitrogen and oxygen atoms in total. The summed E-state index contributed by atoms with van der Waals surface area (Å²) in [6, 6.07) is 0. The average Bonchev–Trinajstić information content (AvgIpc) is 2.04. The van der Waals surface area contributed by atoms with E-state index < -0.39 is 0 Å². The second-order valence-electron chi connectivity index (χ2n) is 2.91. The summed E-state index contributed by atoms with van der Waals surface area (Å²) in [5, 5.41) is 0. The van der Waals surface area contributed by atoms with Crippen molar-refractivity contribution in [3.05, 3.63) is 0 Å². The van der Waals surface area contributed by atoms with Crippen molar-refractivity contribution < 1.29 is 14.3 Å². The van der Waals surface area contributed by atoms with E-state index >= 15 is 0 Å². The largest absolute Gasteiger partial charge is 0.465 e. The lowest BCUT2D eigenvalue weighted by Crippen LogP contribution is -2.24. The maximum Gasteiger partial charge on any atom is 0.302 e. The first kappa shape index (κ1) is 11.4. The molecule has 0 amide bonds. The molecule has 0 saturated heterocycles.